The first-order valence-electron chi connectivity index (χ1n) is 6.40. The number of hydrogen-bond acceptors (Lipinski definition) is 2. The lowest BCUT2D eigenvalue weighted by Gasteiger charge is -2.16. The summed E-state index contributed by atoms with van der Waals surface area (Å²) in [5.41, 5.74) is 1.56. The van der Waals surface area contributed by atoms with Crippen LogP contribution in [0.3, 0.4) is 0 Å². The lowest BCUT2D eigenvalue weighted by Crippen LogP contribution is -2.19. The number of rotatable bonds is 7. The van der Waals surface area contributed by atoms with Gasteiger partial charge in [-0.05, 0) is 37.5 Å². The molecule has 1 atom stereocenters. The van der Waals surface area contributed by atoms with Crippen LogP contribution in [0.2, 0.25) is 0 Å². The van der Waals surface area contributed by atoms with Crippen LogP contribution in [0.4, 0.5) is 18.9 Å². The van der Waals surface area contributed by atoms with Crippen LogP contribution in [0.5, 0.6) is 0 Å². The first-order valence-corrected chi connectivity index (χ1v) is 6.40. The maximum Gasteiger partial charge on any atom is 0.389 e. The first-order chi connectivity index (χ1) is 9.26. The molecule has 3 nitrogen and oxygen atoms in total. The van der Waals surface area contributed by atoms with Gasteiger partial charge in [0.2, 0.25) is 0 Å². The van der Waals surface area contributed by atoms with Crippen molar-refractivity contribution in [3.05, 3.63) is 29.8 Å². The van der Waals surface area contributed by atoms with Crippen LogP contribution in [-0.2, 0) is 11.2 Å². The highest BCUT2D eigenvalue weighted by atomic mass is 19.4. The van der Waals surface area contributed by atoms with Crippen LogP contribution in [0, 0.1) is 0 Å². The summed E-state index contributed by atoms with van der Waals surface area (Å²) in [6.07, 6.45) is -4.52. The van der Waals surface area contributed by atoms with E-state index in [1.54, 1.807) is 31.2 Å². The quantitative estimate of drug-likeness (QED) is 0.801. The van der Waals surface area contributed by atoms with E-state index in [2.05, 4.69) is 5.32 Å². The summed E-state index contributed by atoms with van der Waals surface area (Å²) in [6.45, 7) is 1.69. The van der Waals surface area contributed by atoms with Gasteiger partial charge in [0, 0.05) is 24.6 Å². The van der Waals surface area contributed by atoms with Crippen molar-refractivity contribution in [1.29, 1.82) is 0 Å². The number of nitrogens with one attached hydrogen (secondary N) is 1. The lowest BCUT2D eigenvalue weighted by atomic mass is 10.1. The number of carbonyl (C=O) groups is 1. The summed E-state index contributed by atoms with van der Waals surface area (Å²) in [6, 6.07) is 6.79. The van der Waals surface area contributed by atoms with Crippen molar-refractivity contribution in [2.24, 2.45) is 0 Å². The van der Waals surface area contributed by atoms with Gasteiger partial charge in [0.25, 0.3) is 0 Å². The van der Waals surface area contributed by atoms with Crippen LogP contribution in [-0.4, -0.2) is 23.3 Å². The van der Waals surface area contributed by atoms with Gasteiger partial charge in [-0.2, -0.15) is 13.2 Å². The Balaban J connectivity index is 2.50. The number of aryl methyl sites for hydroxylation is 1. The molecule has 1 unspecified atom stereocenters. The third kappa shape index (κ3) is 7.01. The molecule has 0 aromatic heterocycles. The van der Waals surface area contributed by atoms with Crippen molar-refractivity contribution in [3.63, 3.8) is 0 Å². The third-order valence-corrected chi connectivity index (χ3v) is 2.83. The predicted molar refractivity (Wildman–Crippen MR) is 70.8 cm³/mol. The average Bonchev–Trinajstić information content (AvgIpc) is 2.34. The number of alkyl halides is 3. The number of carboxylic acid groups (broad SMARTS) is 1. The molecule has 0 fully saturated rings. The van der Waals surface area contributed by atoms with Crippen LogP contribution in [0.1, 0.15) is 31.7 Å². The van der Waals surface area contributed by atoms with E-state index in [-0.39, 0.29) is 18.9 Å². The Morgan fingerprint density at radius 2 is 2.10 bits per heavy atom. The highest BCUT2D eigenvalue weighted by molar-refractivity contribution is 5.67. The number of carboxylic acids is 1. The van der Waals surface area contributed by atoms with Crippen LogP contribution in [0.15, 0.2) is 24.3 Å². The second kappa shape index (κ2) is 7.17. The third-order valence-electron chi connectivity index (χ3n) is 2.83. The van der Waals surface area contributed by atoms with E-state index in [1.807, 2.05) is 0 Å². The van der Waals surface area contributed by atoms with Gasteiger partial charge < -0.3 is 10.4 Å². The molecule has 0 aliphatic heterocycles. The van der Waals surface area contributed by atoms with Crippen molar-refractivity contribution in [1.82, 2.24) is 0 Å². The summed E-state index contributed by atoms with van der Waals surface area (Å²) >= 11 is 0. The Bertz CT molecular complexity index is 446. The van der Waals surface area contributed by atoms with Crippen molar-refractivity contribution in [2.75, 3.05) is 5.32 Å². The fraction of sp³-hybridized carbons (Fsp3) is 0.500. The molecule has 0 spiro atoms. The zero-order valence-corrected chi connectivity index (χ0v) is 11.2. The minimum atomic E-state index is -4.14. The van der Waals surface area contributed by atoms with E-state index in [0.29, 0.717) is 12.1 Å². The summed E-state index contributed by atoms with van der Waals surface area (Å²) in [7, 11) is 0. The van der Waals surface area contributed by atoms with E-state index in [4.69, 9.17) is 5.11 Å². The van der Waals surface area contributed by atoms with Gasteiger partial charge in [-0.25, -0.2) is 0 Å². The monoisotopic (exact) mass is 289 g/mol. The number of anilines is 1. The van der Waals surface area contributed by atoms with Crippen LogP contribution in [0.25, 0.3) is 0 Å². The van der Waals surface area contributed by atoms with Crippen molar-refractivity contribution >= 4 is 11.7 Å². The highest BCUT2D eigenvalue weighted by Crippen LogP contribution is 2.23. The minimum absolute atomic E-state index is 0.00283. The number of aliphatic carboxylic acids is 1. The molecule has 0 saturated heterocycles. The molecule has 6 heteroatoms. The van der Waals surface area contributed by atoms with Crippen molar-refractivity contribution in [3.8, 4) is 0 Å². The standard InChI is InChI=1S/C14H18F3NO2/c1-10(7-8-14(15,16)17)18-12-4-2-3-11(9-12)5-6-13(19)20/h2-4,9-10,18H,5-8H2,1H3,(H,19,20). The molecule has 1 aromatic rings. The summed E-state index contributed by atoms with van der Waals surface area (Å²) in [4.78, 5) is 10.5. The van der Waals surface area contributed by atoms with Gasteiger partial charge >= 0.3 is 12.1 Å². The summed E-state index contributed by atoms with van der Waals surface area (Å²) < 4.78 is 36.3. The molecule has 112 valence electrons. The minimum Gasteiger partial charge on any atom is -0.481 e. The smallest absolute Gasteiger partial charge is 0.389 e. The molecular weight excluding hydrogens is 271 g/mol. The van der Waals surface area contributed by atoms with E-state index in [9.17, 15) is 18.0 Å². The van der Waals surface area contributed by atoms with Crippen molar-refractivity contribution < 1.29 is 23.1 Å². The zero-order valence-electron chi connectivity index (χ0n) is 11.2. The second-order valence-corrected chi connectivity index (χ2v) is 4.79. The lowest BCUT2D eigenvalue weighted by molar-refractivity contribution is -0.137. The maximum absolute atomic E-state index is 12.1. The highest BCUT2D eigenvalue weighted by Gasteiger charge is 2.27. The normalized spacial score (nSPS) is 13.0. The molecule has 1 rings (SSSR count). The van der Waals surface area contributed by atoms with Gasteiger partial charge in [-0.1, -0.05) is 12.1 Å². The van der Waals surface area contributed by atoms with E-state index in [1.165, 1.54) is 0 Å². The topological polar surface area (TPSA) is 49.3 Å². The Morgan fingerprint density at radius 1 is 1.40 bits per heavy atom. The van der Waals surface area contributed by atoms with E-state index in [0.717, 1.165) is 5.56 Å². The molecule has 0 amide bonds. The molecule has 1 aromatic carbocycles. The Hall–Kier alpha value is -1.72. The molecule has 20 heavy (non-hydrogen) atoms. The van der Waals surface area contributed by atoms with Gasteiger partial charge in [0.15, 0.2) is 0 Å². The Morgan fingerprint density at radius 3 is 2.70 bits per heavy atom. The van der Waals surface area contributed by atoms with Crippen LogP contribution < -0.4 is 5.32 Å². The SMILES string of the molecule is CC(CCC(F)(F)F)Nc1cccc(CCC(=O)O)c1. The molecule has 0 radical (unpaired) electrons. The Kier molecular flexibility index (Phi) is 5.85. The predicted octanol–water partition coefficient (Wildman–Crippen LogP) is 3.85. The van der Waals surface area contributed by atoms with Gasteiger partial charge in [0.05, 0.1) is 0 Å². The van der Waals surface area contributed by atoms with Gasteiger partial charge in [-0.3, -0.25) is 4.79 Å². The molecule has 0 saturated carbocycles. The molecule has 0 bridgehead atoms. The summed E-state index contributed by atoms with van der Waals surface area (Å²) in [5.74, 6) is -0.873. The molecule has 0 aliphatic rings. The zero-order chi connectivity index (χ0) is 15.2. The largest absolute Gasteiger partial charge is 0.481 e. The fourth-order valence-corrected chi connectivity index (χ4v) is 1.80. The van der Waals surface area contributed by atoms with Crippen LogP contribution >= 0.6 is 0 Å². The molecule has 0 aliphatic carbocycles. The molecule has 2 N–H and O–H groups in total. The number of benzene rings is 1. The fourth-order valence-electron chi connectivity index (χ4n) is 1.80. The van der Waals surface area contributed by atoms with Gasteiger partial charge in [-0.15, -0.1) is 0 Å². The number of halogens is 3. The van der Waals surface area contributed by atoms with Gasteiger partial charge in [0.1, 0.15) is 0 Å². The second-order valence-electron chi connectivity index (χ2n) is 4.79. The summed E-state index contributed by atoms with van der Waals surface area (Å²) in [5, 5.41) is 11.6. The van der Waals surface area contributed by atoms with E-state index >= 15 is 0 Å². The Labute approximate surface area is 115 Å². The average molecular weight is 289 g/mol. The maximum atomic E-state index is 12.1. The number of hydrogen-bond donors (Lipinski definition) is 2. The van der Waals surface area contributed by atoms with Crippen molar-refractivity contribution in [2.45, 2.75) is 44.8 Å². The first kappa shape index (κ1) is 16.3. The molecule has 0 heterocycles. The van der Waals surface area contributed by atoms with E-state index < -0.39 is 18.6 Å². The molecular formula is C14H18F3NO2.